The summed E-state index contributed by atoms with van der Waals surface area (Å²) in [6, 6.07) is 8.50. The van der Waals surface area contributed by atoms with E-state index in [0.29, 0.717) is 17.9 Å². The van der Waals surface area contributed by atoms with Crippen molar-refractivity contribution in [1.82, 2.24) is 4.98 Å². The van der Waals surface area contributed by atoms with Gasteiger partial charge in [-0.2, -0.15) is 0 Å². The average molecular weight is 276 g/mol. The van der Waals surface area contributed by atoms with Gasteiger partial charge in [0.1, 0.15) is 11.5 Å². The minimum atomic E-state index is -0.527. The molecule has 0 radical (unpaired) electrons. The third-order valence-electron chi connectivity index (χ3n) is 2.67. The normalized spacial score (nSPS) is 10.3. The van der Waals surface area contributed by atoms with Crippen LogP contribution in [0.25, 0.3) is 0 Å². The van der Waals surface area contributed by atoms with Crippen LogP contribution in [0.1, 0.15) is 18.9 Å². The first-order valence-corrected chi connectivity index (χ1v) is 6.48. The van der Waals surface area contributed by atoms with Crippen LogP contribution in [0.5, 0.6) is 17.4 Å². The predicted octanol–water partition coefficient (Wildman–Crippen LogP) is 3.26. The fourth-order valence-electron chi connectivity index (χ4n) is 1.63. The molecule has 0 aliphatic carbocycles. The van der Waals surface area contributed by atoms with Crippen LogP contribution in [0.15, 0.2) is 36.5 Å². The van der Waals surface area contributed by atoms with Gasteiger partial charge in [-0.25, -0.2) is 9.37 Å². The molecule has 2 rings (SSSR count). The van der Waals surface area contributed by atoms with Crippen LogP contribution >= 0.6 is 0 Å². The van der Waals surface area contributed by atoms with E-state index in [0.717, 1.165) is 12.2 Å². The van der Waals surface area contributed by atoms with E-state index in [2.05, 4.69) is 4.98 Å². The number of nitrogens with zero attached hydrogens (tertiary/aromatic N) is 1. The van der Waals surface area contributed by atoms with Crippen LogP contribution in [0.2, 0.25) is 0 Å². The maximum absolute atomic E-state index is 13.9. The lowest BCUT2D eigenvalue weighted by Crippen LogP contribution is -2.02. The van der Waals surface area contributed by atoms with Crippen molar-refractivity contribution in [1.29, 1.82) is 0 Å². The van der Waals surface area contributed by atoms with Crippen molar-refractivity contribution < 1.29 is 13.9 Å². The average Bonchev–Trinajstić information content (AvgIpc) is 2.48. The third-order valence-corrected chi connectivity index (χ3v) is 2.67. The van der Waals surface area contributed by atoms with Gasteiger partial charge in [-0.1, -0.05) is 6.92 Å². The Balaban J connectivity index is 2.10. The fraction of sp³-hybridized carbons (Fsp3) is 0.267. The SMILES string of the molecule is CCCOc1ccc(Oc2nccc(CN)c2F)cc1. The van der Waals surface area contributed by atoms with Gasteiger partial charge >= 0.3 is 0 Å². The van der Waals surface area contributed by atoms with Crippen molar-refractivity contribution in [2.75, 3.05) is 6.61 Å². The zero-order valence-electron chi connectivity index (χ0n) is 11.3. The van der Waals surface area contributed by atoms with Crippen LogP contribution in [0, 0.1) is 5.82 Å². The molecule has 1 heterocycles. The second kappa shape index (κ2) is 6.86. The van der Waals surface area contributed by atoms with Crippen LogP contribution in [-0.2, 0) is 6.54 Å². The number of pyridine rings is 1. The Hall–Kier alpha value is -2.14. The number of aromatic nitrogens is 1. The summed E-state index contributed by atoms with van der Waals surface area (Å²) in [4.78, 5) is 3.87. The molecular formula is C15H17FN2O2. The first-order chi connectivity index (χ1) is 9.74. The smallest absolute Gasteiger partial charge is 0.256 e. The molecule has 0 bridgehead atoms. The highest BCUT2D eigenvalue weighted by atomic mass is 19.1. The minimum absolute atomic E-state index is 0.0739. The van der Waals surface area contributed by atoms with E-state index in [9.17, 15) is 4.39 Å². The molecule has 5 heteroatoms. The minimum Gasteiger partial charge on any atom is -0.494 e. The van der Waals surface area contributed by atoms with Crippen LogP contribution in [0.4, 0.5) is 4.39 Å². The molecule has 1 aromatic heterocycles. The van der Waals surface area contributed by atoms with Gasteiger partial charge in [-0.05, 0) is 36.8 Å². The Morgan fingerprint density at radius 1 is 1.15 bits per heavy atom. The molecule has 0 aliphatic rings. The standard InChI is InChI=1S/C15H17FN2O2/c1-2-9-19-12-3-5-13(6-4-12)20-15-14(16)11(10-17)7-8-18-15/h3-8H,2,9-10,17H2,1H3. The van der Waals surface area contributed by atoms with Gasteiger partial charge in [0.25, 0.3) is 5.88 Å². The molecule has 2 N–H and O–H groups in total. The van der Waals surface area contributed by atoms with Crippen molar-refractivity contribution in [3.8, 4) is 17.4 Å². The van der Waals surface area contributed by atoms with E-state index in [-0.39, 0.29) is 12.4 Å². The summed E-state index contributed by atoms with van der Waals surface area (Å²) in [7, 11) is 0. The quantitative estimate of drug-likeness (QED) is 0.879. The highest BCUT2D eigenvalue weighted by Gasteiger charge is 2.10. The van der Waals surface area contributed by atoms with E-state index >= 15 is 0 Å². The summed E-state index contributed by atoms with van der Waals surface area (Å²) in [5.74, 6) is 0.647. The summed E-state index contributed by atoms with van der Waals surface area (Å²) < 4.78 is 24.8. The maximum atomic E-state index is 13.9. The maximum Gasteiger partial charge on any atom is 0.256 e. The molecule has 2 aromatic rings. The Morgan fingerprint density at radius 3 is 2.50 bits per heavy atom. The number of rotatable bonds is 6. The van der Waals surface area contributed by atoms with Gasteiger partial charge in [0.2, 0.25) is 0 Å². The first-order valence-electron chi connectivity index (χ1n) is 6.48. The number of hydrogen-bond donors (Lipinski definition) is 1. The number of benzene rings is 1. The Labute approximate surface area is 117 Å². The largest absolute Gasteiger partial charge is 0.494 e. The Bertz CT molecular complexity index is 558. The number of hydrogen-bond acceptors (Lipinski definition) is 4. The van der Waals surface area contributed by atoms with Crippen LogP contribution in [-0.4, -0.2) is 11.6 Å². The van der Waals surface area contributed by atoms with Crippen LogP contribution in [0.3, 0.4) is 0 Å². The first kappa shape index (κ1) is 14.3. The topological polar surface area (TPSA) is 57.4 Å². The lowest BCUT2D eigenvalue weighted by atomic mass is 10.2. The van der Waals surface area contributed by atoms with Gasteiger partial charge in [0.15, 0.2) is 5.82 Å². The zero-order chi connectivity index (χ0) is 14.4. The fourth-order valence-corrected chi connectivity index (χ4v) is 1.63. The molecule has 0 spiro atoms. The van der Waals surface area contributed by atoms with Gasteiger partial charge in [-0.15, -0.1) is 0 Å². The summed E-state index contributed by atoms with van der Waals surface area (Å²) in [6.07, 6.45) is 2.42. The molecule has 1 aromatic carbocycles. The molecule has 0 amide bonds. The molecule has 0 saturated heterocycles. The zero-order valence-corrected chi connectivity index (χ0v) is 11.3. The van der Waals surface area contributed by atoms with E-state index in [4.69, 9.17) is 15.2 Å². The van der Waals surface area contributed by atoms with E-state index in [1.54, 1.807) is 24.3 Å². The molecule has 4 nitrogen and oxygen atoms in total. The predicted molar refractivity (Wildman–Crippen MR) is 74.4 cm³/mol. The van der Waals surface area contributed by atoms with Gasteiger partial charge < -0.3 is 15.2 Å². The molecular weight excluding hydrogens is 259 g/mol. The van der Waals surface area contributed by atoms with E-state index < -0.39 is 5.82 Å². The molecule has 0 atom stereocenters. The van der Waals surface area contributed by atoms with E-state index in [1.807, 2.05) is 6.92 Å². The molecule has 0 aliphatic heterocycles. The Morgan fingerprint density at radius 2 is 1.85 bits per heavy atom. The van der Waals surface area contributed by atoms with Crippen molar-refractivity contribution in [2.24, 2.45) is 5.73 Å². The lowest BCUT2D eigenvalue weighted by molar-refractivity contribution is 0.317. The third kappa shape index (κ3) is 3.45. The van der Waals surface area contributed by atoms with Crippen LogP contribution < -0.4 is 15.2 Å². The number of nitrogens with two attached hydrogens (primary N) is 1. The van der Waals surface area contributed by atoms with E-state index in [1.165, 1.54) is 12.3 Å². The second-order valence-corrected chi connectivity index (χ2v) is 4.22. The highest BCUT2D eigenvalue weighted by Crippen LogP contribution is 2.25. The highest BCUT2D eigenvalue weighted by molar-refractivity contribution is 5.34. The van der Waals surface area contributed by atoms with Gasteiger partial charge in [-0.3, -0.25) is 0 Å². The van der Waals surface area contributed by atoms with Crippen molar-refractivity contribution in [2.45, 2.75) is 19.9 Å². The summed E-state index contributed by atoms with van der Waals surface area (Å²) >= 11 is 0. The van der Waals surface area contributed by atoms with Crippen molar-refractivity contribution >= 4 is 0 Å². The molecule has 106 valence electrons. The number of halogens is 1. The number of ether oxygens (including phenoxy) is 2. The van der Waals surface area contributed by atoms with Gasteiger partial charge in [0.05, 0.1) is 6.61 Å². The molecule has 0 saturated carbocycles. The molecule has 0 fully saturated rings. The molecule has 0 unspecified atom stereocenters. The second-order valence-electron chi connectivity index (χ2n) is 4.22. The Kier molecular flexibility index (Phi) is 4.90. The molecule has 20 heavy (non-hydrogen) atoms. The summed E-state index contributed by atoms with van der Waals surface area (Å²) in [5, 5.41) is 0. The van der Waals surface area contributed by atoms with Crippen molar-refractivity contribution in [3.05, 3.63) is 47.9 Å². The van der Waals surface area contributed by atoms with Gasteiger partial charge in [0, 0.05) is 18.3 Å². The monoisotopic (exact) mass is 276 g/mol. The van der Waals surface area contributed by atoms with Crippen molar-refractivity contribution in [3.63, 3.8) is 0 Å². The summed E-state index contributed by atoms with van der Waals surface area (Å²) in [6.45, 7) is 2.81. The summed E-state index contributed by atoms with van der Waals surface area (Å²) in [5.41, 5.74) is 5.81. The lowest BCUT2D eigenvalue weighted by Gasteiger charge is -2.09.